The molecule has 3 fully saturated rings. The van der Waals surface area contributed by atoms with Gasteiger partial charge in [0, 0.05) is 13.2 Å². The molecule has 1 aliphatic heterocycles. The second-order valence-corrected chi connectivity index (χ2v) is 9.35. The average molecular weight is 525 g/mol. The Bertz CT molecular complexity index is 603. The number of rotatable bonds is 1. The van der Waals surface area contributed by atoms with Crippen LogP contribution >= 0.6 is 54.5 Å². The summed E-state index contributed by atoms with van der Waals surface area (Å²) in [5, 5.41) is 0. The summed E-state index contributed by atoms with van der Waals surface area (Å²) in [4.78, 5) is 27.6. The maximum atomic E-state index is 12.8. The Morgan fingerprint density at radius 2 is 1.43 bits per heavy atom. The summed E-state index contributed by atoms with van der Waals surface area (Å²) in [6, 6.07) is 7.58. The monoisotopic (exact) mass is 523 g/mol. The number of imide groups is 1. The summed E-state index contributed by atoms with van der Waals surface area (Å²) in [6.45, 7) is 0. The highest BCUT2D eigenvalue weighted by Gasteiger charge is 2.66. The fourth-order valence-electron chi connectivity index (χ4n) is 4.19. The maximum absolute atomic E-state index is 12.8. The topological polar surface area (TPSA) is 37.4 Å². The molecule has 4 rings (SSSR count). The van der Waals surface area contributed by atoms with Crippen molar-refractivity contribution in [3.63, 3.8) is 0 Å². The van der Waals surface area contributed by atoms with E-state index < -0.39 is 0 Å². The first-order valence-corrected chi connectivity index (χ1v) is 9.83. The van der Waals surface area contributed by atoms with E-state index in [1.807, 2.05) is 24.3 Å². The van der Waals surface area contributed by atoms with Crippen LogP contribution < -0.4 is 4.90 Å². The van der Waals surface area contributed by atoms with Crippen LogP contribution in [0.25, 0.3) is 0 Å². The van der Waals surface area contributed by atoms with E-state index in [1.165, 1.54) is 4.90 Å². The molecule has 3 aliphatic rings. The summed E-state index contributed by atoms with van der Waals surface area (Å²) >= 11 is 9.62. The van der Waals surface area contributed by atoms with Gasteiger partial charge in [0.15, 0.2) is 0 Å². The molecule has 0 spiro atoms. The molecule has 0 aromatic heterocycles. The SMILES string of the molecule is O=C1[C@@H]2[C@H]3C[C@H]([C@H](Br)[C@@H]3Br)[C@@H]2C(=O)N1c1ccc(I)cc1. The Hall–Kier alpha value is 0.0500. The van der Waals surface area contributed by atoms with Crippen molar-refractivity contribution < 1.29 is 9.59 Å². The van der Waals surface area contributed by atoms with Gasteiger partial charge in [-0.25, -0.2) is 0 Å². The van der Waals surface area contributed by atoms with E-state index in [0.29, 0.717) is 5.69 Å². The van der Waals surface area contributed by atoms with Crippen LogP contribution in [0.3, 0.4) is 0 Å². The minimum Gasteiger partial charge on any atom is -0.274 e. The molecule has 0 N–H and O–H groups in total. The van der Waals surface area contributed by atoms with Crippen molar-refractivity contribution in [2.24, 2.45) is 23.7 Å². The number of anilines is 1. The minimum atomic E-state index is -0.139. The zero-order valence-corrected chi connectivity index (χ0v) is 16.2. The van der Waals surface area contributed by atoms with E-state index in [4.69, 9.17) is 0 Å². The van der Waals surface area contributed by atoms with Crippen LogP contribution in [-0.4, -0.2) is 21.5 Å². The van der Waals surface area contributed by atoms with Gasteiger partial charge < -0.3 is 0 Å². The number of hydrogen-bond acceptors (Lipinski definition) is 2. The quantitative estimate of drug-likeness (QED) is 0.320. The Kier molecular flexibility index (Phi) is 3.50. The first kappa shape index (κ1) is 14.6. The average Bonchev–Trinajstić information content (AvgIpc) is 3.06. The number of alkyl halides is 2. The third kappa shape index (κ3) is 1.94. The molecule has 6 heteroatoms. The standard InChI is InChI=1S/C15H12Br2INO2/c16-12-8-5-9(13(12)17)11-10(8)14(20)19(15(11)21)7-3-1-6(18)2-4-7/h1-4,8-13H,5H2/t8-,9+,10-,11+,12-,13+. The lowest BCUT2D eigenvalue weighted by molar-refractivity contribution is -0.123. The van der Waals surface area contributed by atoms with E-state index in [0.717, 1.165) is 9.99 Å². The van der Waals surface area contributed by atoms with E-state index in [2.05, 4.69) is 54.5 Å². The van der Waals surface area contributed by atoms with Crippen molar-refractivity contribution in [3.8, 4) is 0 Å². The molecule has 0 radical (unpaired) electrons. The van der Waals surface area contributed by atoms with Gasteiger partial charge in [0.25, 0.3) is 0 Å². The maximum Gasteiger partial charge on any atom is 0.238 e. The molecule has 21 heavy (non-hydrogen) atoms. The number of amides is 2. The smallest absolute Gasteiger partial charge is 0.238 e. The van der Waals surface area contributed by atoms with E-state index in [9.17, 15) is 9.59 Å². The van der Waals surface area contributed by atoms with Crippen LogP contribution in [0.4, 0.5) is 5.69 Å². The molecule has 1 aromatic rings. The summed E-state index contributed by atoms with van der Waals surface area (Å²) in [6.07, 6.45) is 0.971. The number of hydrogen-bond donors (Lipinski definition) is 0. The predicted octanol–water partition coefficient (Wildman–Crippen LogP) is 3.57. The largest absolute Gasteiger partial charge is 0.274 e. The molecule has 1 saturated heterocycles. The van der Waals surface area contributed by atoms with Gasteiger partial charge in [0.2, 0.25) is 11.8 Å². The first-order chi connectivity index (χ1) is 10.0. The van der Waals surface area contributed by atoms with Gasteiger partial charge in [-0.1, -0.05) is 31.9 Å². The Morgan fingerprint density at radius 1 is 0.952 bits per heavy atom. The fraction of sp³-hybridized carbons (Fsp3) is 0.467. The molecular weight excluding hydrogens is 513 g/mol. The van der Waals surface area contributed by atoms with E-state index >= 15 is 0 Å². The van der Waals surface area contributed by atoms with Crippen LogP contribution in [-0.2, 0) is 9.59 Å². The van der Waals surface area contributed by atoms with Gasteiger partial charge in [-0.3, -0.25) is 14.5 Å². The molecule has 3 nitrogen and oxygen atoms in total. The van der Waals surface area contributed by atoms with Crippen molar-refractivity contribution in [2.45, 2.75) is 16.1 Å². The van der Waals surface area contributed by atoms with Crippen LogP contribution in [0.5, 0.6) is 0 Å². The van der Waals surface area contributed by atoms with E-state index in [1.54, 1.807) is 0 Å². The molecule has 6 atom stereocenters. The van der Waals surface area contributed by atoms with Gasteiger partial charge in [0.1, 0.15) is 0 Å². The van der Waals surface area contributed by atoms with Crippen molar-refractivity contribution in [3.05, 3.63) is 27.8 Å². The highest BCUT2D eigenvalue weighted by molar-refractivity contribution is 14.1. The van der Waals surface area contributed by atoms with Crippen molar-refractivity contribution >= 4 is 72.0 Å². The van der Waals surface area contributed by atoms with Crippen LogP contribution in [0.2, 0.25) is 0 Å². The fourth-order valence-corrected chi connectivity index (χ4v) is 6.43. The van der Waals surface area contributed by atoms with Gasteiger partial charge in [-0.15, -0.1) is 0 Å². The molecule has 2 saturated carbocycles. The number of benzene rings is 1. The van der Waals surface area contributed by atoms with Crippen molar-refractivity contribution in [2.75, 3.05) is 4.90 Å². The van der Waals surface area contributed by atoms with Crippen LogP contribution in [0, 0.1) is 27.2 Å². The molecule has 110 valence electrons. The second-order valence-electron chi connectivity index (χ2n) is 5.99. The third-order valence-electron chi connectivity index (χ3n) is 5.07. The summed E-state index contributed by atoms with van der Waals surface area (Å²) < 4.78 is 1.09. The van der Waals surface area contributed by atoms with Crippen LogP contribution in [0.1, 0.15) is 6.42 Å². The number of fused-ring (bicyclic) bond motifs is 5. The van der Waals surface area contributed by atoms with Gasteiger partial charge in [-0.2, -0.15) is 0 Å². The number of halogens is 3. The molecule has 2 bridgehead atoms. The lowest BCUT2D eigenvalue weighted by Gasteiger charge is -2.28. The number of nitrogens with zero attached hydrogens (tertiary/aromatic N) is 1. The second kappa shape index (κ2) is 5.03. The molecule has 1 aromatic carbocycles. The first-order valence-electron chi connectivity index (χ1n) is 6.92. The molecule has 1 heterocycles. The zero-order chi connectivity index (χ0) is 14.9. The number of carbonyl (C=O) groups is 2. The molecule has 2 amide bonds. The minimum absolute atomic E-state index is 0.0115. The Balaban J connectivity index is 1.73. The summed E-state index contributed by atoms with van der Waals surface area (Å²) in [5.41, 5.74) is 0.705. The zero-order valence-electron chi connectivity index (χ0n) is 10.9. The normalized spacial score (nSPS) is 41.0. The molecular formula is C15H12Br2INO2. The molecule has 0 unspecified atom stereocenters. The Labute approximate surface area is 153 Å². The summed E-state index contributed by atoms with van der Waals surface area (Å²) in [7, 11) is 0. The number of carbonyl (C=O) groups excluding carboxylic acids is 2. The highest BCUT2D eigenvalue weighted by Crippen LogP contribution is 2.60. The third-order valence-corrected chi connectivity index (χ3v) is 9.00. The van der Waals surface area contributed by atoms with Crippen LogP contribution in [0.15, 0.2) is 24.3 Å². The van der Waals surface area contributed by atoms with Gasteiger partial charge >= 0.3 is 0 Å². The Morgan fingerprint density at radius 3 is 1.90 bits per heavy atom. The molecule has 2 aliphatic carbocycles. The summed E-state index contributed by atoms with van der Waals surface area (Å²) in [5.74, 6) is 0.245. The van der Waals surface area contributed by atoms with Crippen molar-refractivity contribution in [1.29, 1.82) is 0 Å². The van der Waals surface area contributed by atoms with Crippen molar-refractivity contribution in [1.82, 2.24) is 0 Å². The lowest BCUT2D eigenvalue weighted by atomic mass is 9.81. The predicted molar refractivity (Wildman–Crippen MR) is 95.7 cm³/mol. The highest BCUT2D eigenvalue weighted by atomic mass is 127. The van der Waals surface area contributed by atoms with E-state index in [-0.39, 0.29) is 45.1 Å². The lowest BCUT2D eigenvalue weighted by Crippen LogP contribution is -2.37. The van der Waals surface area contributed by atoms with Gasteiger partial charge in [-0.05, 0) is 65.1 Å². The van der Waals surface area contributed by atoms with Gasteiger partial charge in [0.05, 0.1) is 17.5 Å².